The Morgan fingerprint density at radius 2 is 1.97 bits per heavy atom. The lowest BCUT2D eigenvalue weighted by Crippen LogP contribution is -2.32. The second-order valence-electron chi connectivity index (χ2n) is 7.78. The number of sulfonamides is 1. The van der Waals surface area contributed by atoms with E-state index < -0.39 is 10.0 Å². The van der Waals surface area contributed by atoms with Crippen molar-refractivity contribution in [1.29, 1.82) is 0 Å². The monoisotopic (exact) mass is 477 g/mol. The van der Waals surface area contributed by atoms with Gasteiger partial charge in [0.15, 0.2) is 0 Å². The number of nitrogens with one attached hydrogen (secondary N) is 2. The van der Waals surface area contributed by atoms with Gasteiger partial charge in [-0.3, -0.25) is 4.90 Å². The van der Waals surface area contributed by atoms with E-state index in [0.29, 0.717) is 6.54 Å². The third kappa shape index (κ3) is 4.99. The zero-order chi connectivity index (χ0) is 22.0. The van der Waals surface area contributed by atoms with E-state index in [4.69, 9.17) is 23.2 Å². The van der Waals surface area contributed by atoms with E-state index in [1.54, 1.807) is 18.2 Å². The molecule has 1 aliphatic rings. The summed E-state index contributed by atoms with van der Waals surface area (Å²) >= 11 is 12.2. The molecule has 0 fully saturated rings. The van der Waals surface area contributed by atoms with Crippen LogP contribution in [0.15, 0.2) is 53.4 Å². The van der Waals surface area contributed by atoms with Crippen LogP contribution in [-0.2, 0) is 10.0 Å². The molecule has 5 nitrogen and oxygen atoms in total. The minimum absolute atomic E-state index is 0.122. The van der Waals surface area contributed by atoms with Crippen molar-refractivity contribution >= 4 is 49.7 Å². The van der Waals surface area contributed by atoms with Crippen molar-refractivity contribution < 1.29 is 8.42 Å². The van der Waals surface area contributed by atoms with Crippen LogP contribution in [0.2, 0.25) is 10.0 Å². The SMILES string of the molecule is Cc1[nH]c2ccc(Cl)cc2c1C1=CCN(CCCNS(=O)(=O)c2ccccc2Cl)CC1. The summed E-state index contributed by atoms with van der Waals surface area (Å²) in [6, 6.07) is 12.4. The van der Waals surface area contributed by atoms with Gasteiger partial charge in [0.25, 0.3) is 0 Å². The smallest absolute Gasteiger partial charge is 0.242 e. The van der Waals surface area contributed by atoms with Crippen LogP contribution in [0.3, 0.4) is 0 Å². The van der Waals surface area contributed by atoms with Crippen molar-refractivity contribution in [1.82, 2.24) is 14.6 Å². The Balaban J connectivity index is 1.33. The molecule has 0 bridgehead atoms. The normalized spacial score (nSPS) is 15.4. The van der Waals surface area contributed by atoms with Crippen molar-refractivity contribution in [3.05, 3.63) is 69.8 Å². The summed E-state index contributed by atoms with van der Waals surface area (Å²) in [5, 5.41) is 2.14. The molecule has 0 spiro atoms. The van der Waals surface area contributed by atoms with E-state index in [1.165, 1.54) is 22.6 Å². The number of H-pyrrole nitrogens is 1. The van der Waals surface area contributed by atoms with Gasteiger partial charge >= 0.3 is 0 Å². The number of aromatic amines is 1. The molecule has 1 aromatic heterocycles. The van der Waals surface area contributed by atoms with Gasteiger partial charge in [-0.15, -0.1) is 0 Å². The predicted molar refractivity (Wildman–Crippen MR) is 128 cm³/mol. The number of hydrogen-bond acceptors (Lipinski definition) is 3. The third-order valence-corrected chi connectivity index (χ3v) is 7.83. The van der Waals surface area contributed by atoms with Crippen LogP contribution in [0.25, 0.3) is 16.5 Å². The van der Waals surface area contributed by atoms with Gasteiger partial charge in [-0.05, 0) is 62.2 Å². The van der Waals surface area contributed by atoms with Gasteiger partial charge in [-0.2, -0.15) is 0 Å². The number of rotatable bonds is 7. The van der Waals surface area contributed by atoms with E-state index in [0.717, 1.165) is 48.7 Å². The lowest BCUT2D eigenvalue weighted by molar-refractivity contribution is 0.298. The number of aromatic nitrogens is 1. The molecule has 31 heavy (non-hydrogen) atoms. The van der Waals surface area contributed by atoms with Gasteiger partial charge in [0.2, 0.25) is 10.0 Å². The van der Waals surface area contributed by atoms with Crippen molar-refractivity contribution in [3.63, 3.8) is 0 Å². The first-order chi connectivity index (χ1) is 14.8. The molecule has 0 saturated heterocycles. The van der Waals surface area contributed by atoms with Crippen molar-refractivity contribution in [2.45, 2.75) is 24.7 Å². The third-order valence-electron chi connectivity index (χ3n) is 5.63. The van der Waals surface area contributed by atoms with E-state index in [2.05, 4.69) is 27.6 Å². The topological polar surface area (TPSA) is 65.2 Å². The van der Waals surface area contributed by atoms with Crippen molar-refractivity contribution in [2.75, 3.05) is 26.2 Å². The quantitative estimate of drug-likeness (QED) is 0.457. The Hall–Kier alpha value is -1.83. The highest BCUT2D eigenvalue weighted by Gasteiger charge is 2.19. The molecule has 4 rings (SSSR count). The van der Waals surface area contributed by atoms with Crippen LogP contribution in [-0.4, -0.2) is 44.5 Å². The summed E-state index contributed by atoms with van der Waals surface area (Å²) in [7, 11) is -3.59. The van der Waals surface area contributed by atoms with Crippen LogP contribution in [0.4, 0.5) is 0 Å². The Morgan fingerprint density at radius 3 is 2.71 bits per heavy atom. The second-order valence-corrected chi connectivity index (χ2v) is 10.4. The van der Waals surface area contributed by atoms with Crippen LogP contribution in [0.1, 0.15) is 24.1 Å². The van der Waals surface area contributed by atoms with E-state index in [1.807, 2.05) is 18.2 Å². The number of halogens is 2. The first-order valence-electron chi connectivity index (χ1n) is 10.3. The zero-order valence-corrected chi connectivity index (χ0v) is 19.6. The standard InChI is InChI=1S/C23H25Cl2N3O2S/c1-16-23(19-15-18(24)7-8-21(19)27-16)17-9-13-28(14-10-17)12-4-11-26-31(29,30)22-6-3-2-5-20(22)25/h2-3,5-9,15,26-27H,4,10-14H2,1H3. The minimum atomic E-state index is -3.59. The van der Waals surface area contributed by atoms with Crippen LogP contribution >= 0.6 is 23.2 Å². The molecule has 0 unspecified atom stereocenters. The maximum atomic E-state index is 12.4. The van der Waals surface area contributed by atoms with Crippen LogP contribution in [0.5, 0.6) is 0 Å². The molecule has 0 radical (unpaired) electrons. The molecule has 0 atom stereocenters. The first kappa shape index (κ1) is 22.4. The maximum Gasteiger partial charge on any atom is 0.242 e. The highest BCUT2D eigenvalue weighted by atomic mass is 35.5. The summed E-state index contributed by atoms with van der Waals surface area (Å²) in [4.78, 5) is 5.91. The van der Waals surface area contributed by atoms with Crippen LogP contribution < -0.4 is 4.72 Å². The number of fused-ring (bicyclic) bond motifs is 1. The van der Waals surface area contributed by atoms with Gasteiger partial charge in [0.1, 0.15) is 4.90 Å². The zero-order valence-electron chi connectivity index (χ0n) is 17.3. The summed E-state index contributed by atoms with van der Waals surface area (Å²) in [5.41, 5.74) is 4.85. The van der Waals surface area contributed by atoms with Gasteiger partial charge in [0.05, 0.1) is 5.02 Å². The van der Waals surface area contributed by atoms with Crippen molar-refractivity contribution in [2.24, 2.45) is 0 Å². The predicted octanol–water partition coefficient (Wildman–Crippen LogP) is 5.24. The largest absolute Gasteiger partial charge is 0.358 e. The first-order valence-corrected chi connectivity index (χ1v) is 12.5. The number of hydrogen-bond donors (Lipinski definition) is 2. The molecule has 1 aliphatic heterocycles. The Morgan fingerprint density at radius 1 is 1.16 bits per heavy atom. The molecule has 164 valence electrons. The second kappa shape index (κ2) is 9.35. The average molecular weight is 478 g/mol. The fourth-order valence-corrected chi connectivity index (χ4v) is 5.87. The highest BCUT2D eigenvalue weighted by molar-refractivity contribution is 7.89. The summed E-state index contributed by atoms with van der Waals surface area (Å²) in [6.07, 6.45) is 3.95. The molecule has 0 aliphatic carbocycles. The molecule has 0 amide bonds. The molecule has 2 aromatic carbocycles. The Labute approximate surface area is 193 Å². The lowest BCUT2D eigenvalue weighted by atomic mass is 9.96. The van der Waals surface area contributed by atoms with Gasteiger partial charge in [-0.1, -0.05) is 41.4 Å². The Bertz CT molecular complexity index is 1230. The summed E-state index contributed by atoms with van der Waals surface area (Å²) in [5.74, 6) is 0. The summed E-state index contributed by atoms with van der Waals surface area (Å²) in [6.45, 7) is 5.09. The van der Waals surface area contributed by atoms with E-state index in [9.17, 15) is 8.42 Å². The Kier molecular flexibility index (Phi) is 6.74. The van der Waals surface area contributed by atoms with E-state index in [-0.39, 0.29) is 9.92 Å². The fourth-order valence-electron chi connectivity index (χ4n) is 4.10. The molecular formula is C23H25Cl2N3O2S. The molecule has 2 heterocycles. The average Bonchev–Trinajstić information content (AvgIpc) is 3.07. The number of benzene rings is 2. The molecular weight excluding hydrogens is 453 g/mol. The maximum absolute atomic E-state index is 12.4. The molecule has 0 saturated carbocycles. The molecule has 8 heteroatoms. The number of nitrogens with zero attached hydrogens (tertiary/aromatic N) is 1. The van der Waals surface area contributed by atoms with Gasteiger partial charge < -0.3 is 4.98 Å². The molecule has 2 N–H and O–H groups in total. The highest BCUT2D eigenvalue weighted by Crippen LogP contribution is 2.33. The van der Waals surface area contributed by atoms with Gasteiger partial charge in [-0.25, -0.2) is 13.1 Å². The van der Waals surface area contributed by atoms with E-state index >= 15 is 0 Å². The minimum Gasteiger partial charge on any atom is -0.358 e. The number of aryl methyl sites for hydroxylation is 1. The lowest BCUT2D eigenvalue weighted by Gasteiger charge is -2.26. The van der Waals surface area contributed by atoms with Crippen LogP contribution in [0, 0.1) is 6.92 Å². The van der Waals surface area contributed by atoms with Gasteiger partial charge in [0, 0.05) is 46.8 Å². The fraction of sp³-hybridized carbons (Fsp3) is 0.304. The van der Waals surface area contributed by atoms with Crippen molar-refractivity contribution in [3.8, 4) is 0 Å². The molecule has 3 aromatic rings. The summed E-state index contributed by atoms with van der Waals surface area (Å²) < 4.78 is 27.5.